The van der Waals surface area contributed by atoms with E-state index >= 15 is 0 Å². The minimum absolute atomic E-state index is 0.266. The van der Waals surface area contributed by atoms with Gasteiger partial charge in [-0.2, -0.15) is 5.10 Å². The molecule has 1 amide bonds. The molecule has 1 radical (unpaired) electrons. The number of rotatable bonds is 3. The molecule has 0 saturated carbocycles. The lowest BCUT2D eigenvalue weighted by atomic mass is 10.2. The SMILES string of the molecule is NC(=O)c1ccn([CH]c2ccccc2)n1. The molecule has 0 spiro atoms. The van der Waals surface area contributed by atoms with Crippen molar-refractivity contribution in [2.24, 2.45) is 5.73 Å². The molecule has 4 nitrogen and oxygen atoms in total. The summed E-state index contributed by atoms with van der Waals surface area (Å²) < 4.78 is 1.56. The average molecular weight is 200 g/mol. The number of primary amides is 1. The van der Waals surface area contributed by atoms with Gasteiger partial charge in [0, 0.05) is 6.20 Å². The number of carbonyl (C=O) groups is 1. The van der Waals surface area contributed by atoms with Gasteiger partial charge in [0.1, 0.15) is 12.2 Å². The number of hydrogen-bond acceptors (Lipinski definition) is 2. The lowest BCUT2D eigenvalue weighted by molar-refractivity contribution is 0.0995. The van der Waals surface area contributed by atoms with E-state index in [0.29, 0.717) is 0 Å². The van der Waals surface area contributed by atoms with Crippen molar-refractivity contribution in [3.05, 3.63) is 60.4 Å². The van der Waals surface area contributed by atoms with Gasteiger partial charge < -0.3 is 5.73 Å². The zero-order chi connectivity index (χ0) is 10.7. The fourth-order valence-electron chi connectivity index (χ4n) is 1.23. The molecule has 0 unspecified atom stereocenters. The number of aromatic nitrogens is 2. The van der Waals surface area contributed by atoms with E-state index in [1.54, 1.807) is 16.9 Å². The Morgan fingerprint density at radius 3 is 2.60 bits per heavy atom. The molecule has 0 aliphatic rings. The summed E-state index contributed by atoms with van der Waals surface area (Å²) in [6.07, 6.45) is 1.69. The number of amides is 1. The van der Waals surface area contributed by atoms with Gasteiger partial charge in [-0.05, 0) is 11.6 Å². The van der Waals surface area contributed by atoms with Crippen LogP contribution in [-0.4, -0.2) is 15.7 Å². The van der Waals surface area contributed by atoms with Crippen molar-refractivity contribution in [1.82, 2.24) is 9.78 Å². The maximum atomic E-state index is 10.8. The molecule has 0 atom stereocenters. The molecular weight excluding hydrogens is 190 g/mol. The molecule has 2 rings (SSSR count). The average Bonchev–Trinajstić information content (AvgIpc) is 2.68. The van der Waals surface area contributed by atoms with E-state index in [4.69, 9.17) is 5.73 Å². The van der Waals surface area contributed by atoms with Crippen LogP contribution in [0.1, 0.15) is 16.1 Å². The number of nitrogens with two attached hydrogens (primary N) is 1. The van der Waals surface area contributed by atoms with E-state index in [1.807, 2.05) is 36.9 Å². The maximum Gasteiger partial charge on any atom is 0.269 e. The number of benzene rings is 1. The summed E-state index contributed by atoms with van der Waals surface area (Å²) >= 11 is 0. The van der Waals surface area contributed by atoms with Crippen LogP contribution in [-0.2, 0) is 0 Å². The van der Waals surface area contributed by atoms with Crippen molar-refractivity contribution < 1.29 is 4.79 Å². The Morgan fingerprint density at radius 2 is 2.00 bits per heavy atom. The predicted molar refractivity (Wildman–Crippen MR) is 56.0 cm³/mol. The van der Waals surface area contributed by atoms with Gasteiger partial charge in [0.05, 0.1) is 0 Å². The lowest BCUT2D eigenvalue weighted by Gasteiger charge is -1.99. The highest BCUT2D eigenvalue weighted by Crippen LogP contribution is 2.04. The van der Waals surface area contributed by atoms with Crippen molar-refractivity contribution in [2.45, 2.75) is 0 Å². The Morgan fingerprint density at radius 1 is 1.27 bits per heavy atom. The summed E-state index contributed by atoms with van der Waals surface area (Å²) in [5, 5.41) is 3.99. The van der Waals surface area contributed by atoms with Crippen LogP contribution in [0.2, 0.25) is 0 Å². The van der Waals surface area contributed by atoms with Crippen LogP contribution in [0.4, 0.5) is 0 Å². The topological polar surface area (TPSA) is 60.9 Å². The zero-order valence-corrected chi connectivity index (χ0v) is 8.00. The van der Waals surface area contributed by atoms with Crippen LogP contribution < -0.4 is 5.73 Å². The van der Waals surface area contributed by atoms with Crippen LogP contribution in [0.5, 0.6) is 0 Å². The van der Waals surface area contributed by atoms with E-state index < -0.39 is 5.91 Å². The van der Waals surface area contributed by atoms with Crippen molar-refractivity contribution in [3.63, 3.8) is 0 Å². The molecule has 0 aliphatic carbocycles. The summed E-state index contributed by atoms with van der Waals surface area (Å²) in [5.41, 5.74) is 6.37. The highest BCUT2D eigenvalue weighted by Gasteiger charge is 2.04. The Labute approximate surface area is 87.3 Å². The largest absolute Gasteiger partial charge is 0.364 e. The molecule has 0 aliphatic heterocycles. The fourth-order valence-corrected chi connectivity index (χ4v) is 1.23. The molecule has 0 fully saturated rings. The number of nitrogens with zero attached hydrogens (tertiary/aromatic N) is 2. The Hall–Kier alpha value is -2.10. The van der Waals surface area contributed by atoms with Crippen LogP contribution in [0.25, 0.3) is 0 Å². The van der Waals surface area contributed by atoms with E-state index in [2.05, 4.69) is 5.10 Å². The molecule has 15 heavy (non-hydrogen) atoms. The second kappa shape index (κ2) is 3.96. The first-order valence-electron chi connectivity index (χ1n) is 4.50. The molecule has 0 saturated heterocycles. The van der Waals surface area contributed by atoms with E-state index in [-0.39, 0.29) is 5.69 Å². The van der Waals surface area contributed by atoms with Gasteiger partial charge in [0.25, 0.3) is 5.91 Å². The summed E-state index contributed by atoms with van der Waals surface area (Å²) in [4.78, 5) is 10.8. The van der Waals surface area contributed by atoms with Crippen molar-refractivity contribution in [2.75, 3.05) is 0 Å². The lowest BCUT2D eigenvalue weighted by Crippen LogP contribution is -2.12. The van der Waals surface area contributed by atoms with Crippen molar-refractivity contribution in [1.29, 1.82) is 0 Å². The molecule has 2 aromatic rings. The molecular formula is C11H10N3O. The van der Waals surface area contributed by atoms with Gasteiger partial charge in [-0.15, -0.1) is 0 Å². The first-order chi connectivity index (χ1) is 7.25. The normalized spacial score (nSPS) is 10.1. The van der Waals surface area contributed by atoms with Gasteiger partial charge in [-0.1, -0.05) is 30.3 Å². The molecule has 2 N–H and O–H groups in total. The van der Waals surface area contributed by atoms with Crippen molar-refractivity contribution in [3.8, 4) is 0 Å². The zero-order valence-electron chi connectivity index (χ0n) is 8.00. The summed E-state index contributed by atoms with van der Waals surface area (Å²) in [5.74, 6) is -0.518. The van der Waals surface area contributed by atoms with E-state index in [0.717, 1.165) is 5.56 Å². The third-order valence-corrected chi connectivity index (χ3v) is 1.94. The van der Waals surface area contributed by atoms with E-state index in [1.165, 1.54) is 0 Å². The van der Waals surface area contributed by atoms with Crippen molar-refractivity contribution >= 4 is 5.91 Å². The standard InChI is InChI=1S/C11H10N3O/c12-11(15)10-6-7-14(13-10)8-9-4-2-1-3-5-9/h1-8H,(H2,12,15). The molecule has 1 aromatic heterocycles. The van der Waals surface area contributed by atoms with Gasteiger partial charge in [-0.3, -0.25) is 9.48 Å². The maximum absolute atomic E-state index is 10.8. The van der Waals surface area contributed by atoms with Crippen LogP contribution in [0.15, 0.2) is 42.6 Å². The second-order valence-corrected chi connectivity index (χ2v) is 3.09. The number of hydrogen-bond donors (Lipinski definition) is 1. The summed E-state index contributed by atoms with van der Waals surface area (Å²) in [6.45, 7) is 1.81. The molecule has 0 bridgehead atoms. The minimum atomic E-state index is -0.518. The van der Waals surface area contributed by atoms with Gasteiger partial charge in [0.15, 0.2) is 0 Å². The fraction of sp³-hybridized carbons (Fsp3) is 0. The van der Waals surface area contributed by atoms with Crippen LogP contribution in [0.3, 0.4) is 0 Å². The van der Waals surface area contributed by atoms with Gasteiger partial charge in [-0.25, -0.2) is 0 Å². The first-order valence-corrected chi connectivity index (χ1v) is 4.50. The van der Waals surface area contributed by atoms with Crippen LogP contribution in [0, 0.1) is 6.54 Å². The highest BCUT2D eigenvalue weighted by atomic mass is 16.1. The minimum Gasteiger partial charge on any atom is -0.364 e. The molecule has 75 valence electrons. The quantitative estimate of drug-likeness (QED) is 0.804. The molecule has 1 heterocycles. The van der Waals surface area contributed by atoms with E-state index in [9.17, 15) is 4.79 Å². The first kappa shape index (κ1) is 9.45. The Balaban J connectivity index is 2.15. The third kappa shape index (κ3) is 2.22. The Kier molecular flexibility index (Phi) is 2.49. The monoisotopic (exact) mass is 200 g/mol. The number of carbonyl (C=O) groups excluding carboxylic acids is 1. The summed E-state index contributed by atoms with van der Waals surface area (Å²) in [6, 6.07) is 11.3. The molecule has 4 heteroatoms. The highest BCUT2D eigenvalue weighted by molar-refractivity contribution is 5.90. The predicted octanol–water partition coefficient (Wildman–Crippen LogP) is 1.04. The summed E-state index contributed by atoms with van der Waals surface area (Å²) in [7, 11) is 0. The Bertz CT molecular complexity index is 462. The smallest absolute Gasteiger partial charge is 0.269 e. The third-order valence-electron chi connectivity index (χ3n) is 1.94. The van der Waals surface area contributed by atoms with Crippen LogP contribution >= 0.6 is 0 Å². The van der Waals surface area contributed by atoms with Gasteiger partial charge >= 0.3 is 0 Å². The second-order valence-electron chi connectivity index (χ2n) is 3.09. The van der Waals surface area contributed by atoms with Gasteiger partial charge in [0.2, 0.25) is 0 Å². The molecule has 1 aromatic carbocycles.